The third-order valence-corrected chi connectivity index (χ3v) is 5.70. The molecule has 0 bridgehead atoms. The van der Waals surface area contributed by atoms with E-state index in [-0.39, 0.29) is 11.6 Å². The van der Waals surface area contributed by atoms with Crippen molar-refractivity contribution in [2.24, 2.45) is 0 Å². The molecule has 0 aliphatic carbocycles. The van der Waals surface area contributed by atoms with Gasteiger partial charge in [-0.15, -0.1) is 0 Å². The van der Waals surface area contributed by atoms with Crippen molar-refractivity contribution in [3.63, 3.8) is 0 Å². The molecule has 8 heteroatoms. The van der Waals surface area contributed by atoms with E-state index in [9.17, 15) is 4.79 Å². The Hall–Kier alpha value is -2.84. The van der Waals surface area contributed by atoms with E-state index in [0.29, 0.717) is 13.2 Å². The average Bonchev–Trinajstić information content (AvgIpc) is 3.36. The van der Waals surface area contributed by atoms with Crippen molar-refractivity contribution >= 4 is 0 Å². The van der Waals surface area contributed by atoms with Crippen LogP contribution < -0.4 is 5.56 Å². The Morgan fingerprint density at radius 3 is 2.86 bits per heavy atom. The molecular weight excluding hydrogens is 368 g/mol. The summed E-state index contributed by atoms with van der Waals surface area (Å²) in [4.78, 5) is 18.9. The van der Waals surface area contributed by atoms with Gasteiger partial charge >= 0.3 is 0 Å². The lowest BCUT2D eigenvalue weighted by molar-refractivity contribution is 0.0799. The number of hydrogen-bond donors (Lipinski definition) is 0. The number of rotatable bonds is 5. The third kappa shape index (κ3) is 3.86. The van der Waals surface area contributed by atoms with Gasteiger partial charge in [0, 0.05) is 36.6 Å². The van der Waals surface area contributed by atoms with Crippen LogP contribution in [0.2, 0.25) is 0 Å². The summed E-state index contributed by atoms with van der Waals surface area (Å²) in [5, 5.41) is 9.35. The Bertz CT molecular complexity index is 1020. The van der Waals surface area contributed by atoms with E-state index < -0.39 is 0 Å². The summed E-state index contributed by atoms with van der Waals surface area (Å²) in [5.74, 6) is 0. The van der Waals surface area contributed by atoms with Crippen molar-refractivity contribution in [3.05, 3.63) is 64.5 Å². The minimum Gasteiger partial charge on any atom is -0.373 e. The third-order valence-electron chi connectivity index (χ3n) is 5.70. The van der Waals surface area contributed by atoms with Gasteiger partial charge in [-0.05, 0) is 43.7 Å². The number of fused-ring (bicyclic) bond motifs is 1. The van der Waals surface area contributed by atoms with Crippen LogP contribution in [0.25, 0.3) is 11.3 Å². The minimum absolute atomic E-state index is 0.0655. The zero-order valence-corrected chi connectivity index (χ0v) is 16.3. The van der Waals surface area contributed by atoms with E-state index in [4.69, 9.17) is 9.84 Å². The molecule has 0 spiro atoms. The van der Waals surface area contributed by atoms with Crippen molar-refractivity contribution in [1.29, 1.82) is 0 Å². The van der Waals surface area contributed by atoms with E-state index >= 15 is 0 Å². The molecule has 3 aromatic rings. The maximum absolute atomic E-state index is 12.4. The van der Waals surface area contributed by atoms with E-state index in [1.165, 1.54) is 0 Å². The van der Waals surface area contributed by atoms with E-state index in [0.717, 1.165) is 61.7 Å². The lowest BCUT2D eigenvalue weighted by atomic mass is 10.2. The summed E-state index contributed by atoms with van der Waals surface area (Å²) in [6, 6.07) is 9.61. The van der Waals surface area contributed by atoms with Crippen LogP contribution in [0.5, 0.6) is 0 Å². The first-order chi connectivity index (χ1) is 14.3. The Morgan fingerprint density at radius 2 is 2.00 bits per heavy atom. The summed E-state index contributed by atoms with van der Waals surface area (Å²) < 4.78 is 9.17. The predicted octanol–water partition coefficient (Wildman–Crippen LogP) is 1.70. The number of hydrogen-bond acceptors (Lipinski definition) is 6. The van der Waals surface area contributed by atoms with Crippen LogP contribution in [0.1, 0.15) is 24.2 Å². The van der Waals surface area contributed by atoms with E-state index in [1.54, 1.807) is 29.2 Å². The highest BCUT2D eigenvalue weighted by Crippen LogP contribution is 2.22. The maximum Gasteiger partial charge on any atom is 0.266 e. The topological polar surface area (TPSA) is 78.1 Å². The molecule has 5 heterocycles. The van der Waals surface area contributed by atoms with Gasteiger partial charge in [0.1, 0.15) is 0 Å². The van der Waals surface area contributed by atoms with Gasteiger partial charge in [-0.25, -0.2) is 4.68 Å². The fourth-order valence-corrected chi connectivity index (χ4v) is 4.20. The summed E-state index contributed by atoms with van der Waals surface area (Å²) in [7, 11) is 0. The fraction of sp³-hybridized carbons (Fsp3) is 0.429. The van der Waals surface area contributed by atoms with E-state index in [2.05, 4.69) is 21.0 Å². The van der Waals surface area contributed by atoms with Gasteiger partial charge < -0.3 is 4.74 Å². The van der Waals surface area contributed by atoms with E-state index in [1.807, 2.05) is 16.8 Å². The average molecular weight is 392 g/mol. The van der Waals surface area contributed by atoms with Gasteiger partial charge in [-0.2, -0.15) is 10.2 Å². The Labute approximate surface area is 168 Å². The lowest BCUT2D eigenvalue weighted by Crippen LogP contribution is -2.36. The molecule has 0 saturated carbocycles. The molecule has 0 N–H and O–H groups in total. The number of nitrogens with zero attached hydrogens (tertiary/aromatic N) is 6. The minimum atomic E-state index is -0.0655. The molecule has 3 aromatic heterocycles. The molecule has 2 aliphatic rings. The molecule has 1 saturated heterocycles. The van der Waals surface area contributed by atoms with Gasteiger partial charge in [0.2, 0.25) is 0 Å². The van der Waals surface area contributed by atoms with Gasteiger partial charge in [-0.3, -0.25) is 19.4 Å². The fourth-order valence-electron chi connectivity index (χ4n) is 4.20. The smallest absolute Gasteiger partial charge is 0.266 e. The van der Waals surface area contributed by atoms with Crippen molar-refractivity contribution < 1.29 is 4.74 Å². The first-order valence-electron chi connectivity index (χ1n) is 10.1. The molecule has 150 valence electrons. The van der Waals surface area contributed by atoms with Crippen LogP contribution in [0.15, 0.2) is 47.5 Å². The second-order valence-corrected chi connectivity index (χ2v) is 7.64. The molecule has 29 heavy (non-hydrogen) atoms. The van der Waals surface area contributed by atoms with Crippen LogP contribution in [0.3, 0.4) is 0 Å². The number of pyridine rings is 1. The number of likely N-dealkylation sites (tertiary alicyclic amines) is 1. The number of aromatic nitrogens is 5. The summed E-state index contributed by atoms with van der Waals surface area (Å²) in [6.45, 7) is 4.58. The quantitative estimate of drug-likeness (QED) is 0.658. The normalized spacial score (nSPS) is 19.4. The highest BCUT2D eigenvalue weighted by Gasteiger charge is 2.27. The second-order valence-electron chi connectivity index (χ2n) is 7.64. The molecule has 8 nitrogen and oxygen atoms in total. The van der Waals surface area contributed by atoms with Gasteiger partial charge in [0.05, 0.1) is 43.4 Å². The van der Waals surface area contributed by atoms with Crippen LogP contribution in [0.4, 0.5) is 0 Å². The van der Waals surface area contributed by atoms with Gasteiger partial charge in [0.15, 0.2) is 0 Å². The molecule has 0 aromatic carbocycles. The molecule has 1 unspecified atom stereocenters. The summed E-state index contributed by atoms with van der Waals surface area (Å²) in [6.07, 6.45) is 5.66. The molecule has 1 fully saturated rings. The molecule has 0 radical (unpaired) electrons. The van der Waals surface area contributed by atoms with Crippen LogP contribution in [0, 0.1) is 0 Å². The highest BCUT2D eigenvalue weighted by molar-refractivity contribution is 5.56. The van der Waals surface area contributed by atoms with Crippen LogP contribution >= 0.6 is 0 Å². The Morgan fingerprint density at radius 1 is 1.10 bits per heavy atom. The first-order valence-corrected chi connectivity index (χ1v) is 10.1. The first kappa shape index (κ1) is 18.2. The zero-order valence-electron chi connectivity index (χ0n) is 16.3. The Kier molecular flexibility index (Phi) is 4.95. The lowest BCUT2D eigenvalue weighted by Gasteiger charge is -2.24. The Balaban J connectivity index is 1.33. The van der Waals surface area contributed by atoms with Crippen molar-refractivity contribution in [2.75, 3.05) is 13.2 Å². The summed E-state index contributed by atoms with van der Waals surface area (Å²) in [5.41, 5.74) is 3.90. The maximum atomic E-state index is 12.4. The highest BCUT2D eigenvalue weighted by atomic mass is 16.5. The van der Waals surface area contributed by atoms with Gasteiger partial charge in [-0.1, -0.05) is 0 Å². The van der Waals surface area contributed by atoms with Crippen LogP contribution in [-0.2, 0) is 31.0 Å². The largest absolute Gasteiger partial charge is 0.373 e. The van der Waals surface area contributed by atoms with Crippen molar-refractivity contribution in [2.45, 2.75) is 45.1 Å². The standard InChI is InChI=1S/C21H24N6O2/c28-21-4-3-20(16-5-7-22-8-6-16)24-27(21)14-18-2-1-9-25(18)13-17-12-19-15-29-11-10-26(19)23-17/h3-8,12,18H,1-2,9-11,13-15H2. The SMILES string of the molecule is O=c1ccc(-c2ccncc2)nn1CC1CCCN1Cc1cc2n(n1)CCOC2. The number of ether oxygens (including phenoxy) is 1. The molecule has 0 amide bonds. The van der Waals surface area contributed by atoms with Crippen molar-refractivity contribution in [3.8, 4) is 11.3 Å². The predicted molar refractivity (Wildman–Crippen MR) is 107 cm³/mol. The molecular formula is C21H24N6O2. The second kappa shape index (κ2) is 7.88. The van der Waals surface area contributed by atoms with Crippen molar-refractivity contribution in [1.82, 2.24) is 29.4 Å². The summed E-state index contributed by atoms with van der Waals surface area (Å²) >= 11 is 0. The van der Waals surface area contributed by atoms with Crippen LogP contribution in [-0.4, -0.2) is 48.6 Å². The molecule has 5 rings (SSSR count). The molecule has 1 atom stereocenters. The monoisotopic (exact) mass is 392 g/mol. The zero-order chi connectivity index (χ0) is 19.6. The molecule has 2 aliphatic heterocycles. The van der Waals surface area contributed by atoms with Gasteiger partial charge in [0.25, 0.3) is 5.56 Å².